The molecule has 2 N–H and O–H groups in total. The number of amides is 1. The number of benzene rings is 1. The van der Waals surface area contributed by atoms with E-state index < -0.39 is 5.97 Å². The van der Waals surface area contributed by atoms with Crippen molar-refractivity contribution in [3.63, 3.8) is 0 Å². The van der Waals surface area contributed by atoms with Gasteiger partial charge in [-0.05, 0) is 153 Å². The van der Waals surface area contributed by atoms with E-state index in [9.17, 15) is 14.7 Å². The van der Waals surface area contributed by atoms with Crippen molar-refractivity contribution in [3.05, 3.63) is 41.5 Å². The van der Waals surface area contributed by atoms with Gasteiger partial charge in [0.15, 0.2) is 0 Å². The summed E-state index contributed by atoms with van der Waals surface area (Å²) in [4.78, 5) is 27.6. The molecule has 0 radical (unpaired) electrons. The molecule has 5 heteroatoms. The van der Waals surface area contributed by atoms with E-state index in [-0.39, 0.29) is 27.1 Å². The smallest absolute Gasteiger partial charge is 0.335 e. The van der Waals surface area contributed by atoms with Crippen LogP contribution < -0.4 is 5.32 Å². The first-order chi connectivity index (χ1) is 20.7. The van der Waals surface area contributed by atoms with Crippen molar-refractivity contribution in [2.24, 2.45) is 50.7 Å². The highest BCUT2D eigenvalue weighted by Crippen LogP contribution is 2.77. The van der Waals surface area contributed by atoms with Gasteiger partial charge in [0.2, 0.25) is 5.91 Å². The van der Waals surface area contributed by atoms with Crippen molar-refractivity contribution in [2.45, 2.75) is 105 Å². The number of nitrogens with zero attached hydrogens (tertiary/aromatic N) is 1. The number of hydrogen-bond donors (Lipinski definition) is 2. The summed E-state index contributed by atoms with van der Waals surface area (Å²) in [6, 6.07) is 7.57. The highest BCUT2D eigenvalue weighted by atomic mass is 16.4. The van der Waals surface area contributed by atoms with Crippen LogP contribution in [0.25, 0.3) is 5.57 Å². The summed E-state index contributed by atoms with van der Waals surface area (Å²) < 4.78 is 0. The largest absolute Gasteiger partial charge is 0.478 e. The van der Waals surface area contributed by atoms with Gasteiger partial charge in [-0.15, -0.1) is 0 Å². The van der Waals surface area contributed by atoms with Crippen LogP contribution in [0.1, 0.15) is 121 Å². The fraction of sp³-hybridized carbons (Fsp3) is 0.744. The molecule has 0 bridgehead atoms. The zero-order valence-electron chi connectivity index (χ0n) is 28.6. The maximum Gasteiger partial charge on any atom is 0.335 e. The van der Waals surface area contributed by atoms with E-state index >= 15 is 0 Å². The van der Waals surface area contributed by atoms with Gasteiger partial charge < -0.3 is 15.3 Å². The first-order valence-electron chi connectivity index (χ1n) is 17.7. The van der Waals surface area contributed by atoms with Gasteiger partial charge in [0.1, 0.15) is 0 Å². The summed E-state index contributed by atoms with van der Waals surface area (Å²) in [7, 11) is 4.21. The van der Waals surface area contributed by atoms with Crippen LogP contribution in [0, 0.1) is 50.7 Å². The molecule has 0 heterocycles. The number of allylic oxidation sites excluding steroid dienone is 2. The summed E-state index contributed by atoms with van der Waals surface area (Å²) in [5, 5.41) is 12.9. The quantitative estimate of drug-likeness (QED) is 0.308. The third kappa shape index (κ3) is 4.56. The monoisotopic (exact) mass is 602 g/mol. The fourth-order valence-corrected chi connectivity index (χ4v) is 12.6. The number of aromatic carboxylic acids is 1. The maximum absolute atomic E-state index is 13.9. The van der Waals surface area contributed by atoms with Crippen LogP contribution in [-0.2, 0) is 4.79 Å². The average molecular weight is 603 g/mol. The first kappa shape index (κ1) is 31.8. The average Bonchev–Trinajstić information content (AvgIpc) is 3.41. The lowest BCUT2D eigenvalue weighted by Crippen LogP contribution is -2.65. The zero-order valence-corrected chi connectivity index (χ0v) is 28.6. The Bertz CT molecular complexity index is 1310. The SMILES string of the molecule is CN(C)CCCNC(=O)C12CCCC1C1CCC3C4(C)CC=C(c5ccc(C(=O)O)cc5)C(C)(C)C4CCC3(C)[C@]1(C)CC2. The van der Waals surface area contributed by atoms with Crippen LogP contribution in [0.15, 0.2) is 30.3 Å². The number of hydrogen-bond acceptors (Lipinski definition) is 3. The van der Waals surface area contributed by atoms with Crippen molar-refractivity contribution in [1.29, 1.82) is 0 Å². The molecule has 8 atom stereocenters. The molecule has 4 saturated carbocycles. The molecule has 0 saturated heterocycles. The van der Waals surface area contributed by atoms with Gasteiger partial charge in [-0.25, -0.2) is 4.79 Å². The summed E-state index contributed by atoms with van der Waals surface area (Å²) in [6.45, 7) is 14.7. The molecule has 242 valence electrons. The van der Waals surface area contributed by atoms with Gasteiger partial charge in [-0.3, -0.25) is 4.79 Å². The van der Waals surface area contributed by atoms with E-state index in [4.69, 9.17) is 0 Å². The van der Waals surface area contributed by atoms with Gasteiger partial charge in [-0.1, -0.05) is 59.2 Å². The molecule has 7 unspecified atom stereocenters. The first-order valence-corrected chi connectivity index (χ1v) is 17.7. The Balaban J connectivity index is 1.26. The number of carbonyl (C=O) groups is 2. The third-order valence-electron chi connectivity index (χ3n) is 14.9. The van der Waals surface area contributed by atoms with E-state index in [0.29, 0.717) is 35.1 Å². The van der Waals surface area contributed by atoms with Crippen LogP contribution in [0.4, 0.5) is 0 Å². The molecule has 4 fully saturated rings. The molecule has 5 aliphatic rings. The molecule has 1 aromatic carbocycles. The van der Waals surface area contributed by atoms with Crippen molar-refractivity contribution in [1.82, 2.24) is 10.2 Å². The van der Waals surface area contributed by atoms with E-state index in [1.54, 1.807) is 12.1 Å². The summed E-state index contributed by atoms with van der Waals surface area (Å²) >= 11 is 0. The molecular weight excluding hydrogens is 544 g/mol. The predicted molar refractivity (Wildman–Crippen MR) is 178 cm³/mol. The minimum atomic E-state index is -0.866. The summed E-state index contributed by atoms with van der Waals surface area (Å²) in [6.07, 6.45) is 15.5. The lowest BCUT2D eigenvalue weighted by molar-refractivity contribution is -0.222. The fourth-order valence-electron chi connectivity index (χ4n) is 12.6. The standard InChI is InChI=1S/C39H58N2O3/c1-35(2)28(26-11-13-27(14-12-26)33(42)43)17-20-36(3)31(35)18-21-38(5)32(36)16-15-29-30-10-8-19-39(30,23-22-37(29,38)4)34(44)40-24-9-25-41(6)7/h11-14,17,29-32H,8-10,15-16,18-25H2,1-7H3,(H,40,44)(H,42,43)/t29?,30?,31?,32?,36?,37-,38?,39?/m1/s1. The molecule has 0 spiro atoms. The topological polar surface area (TPSA) is 69.6 Å². The number of carboxylic acid groups (broad SMARTS) is 1. The Morgan fingerprint density at radius 2 is 1.59 bits per heavy atom. The molecule has 1 amide bonds. The second kappa shape index (κ2) is 11.0. The van der Waals surface area contributed by atoms with E-state index in [1.807, 2.05) is 12.1 Å². The highest BCUT2D eigenvalue weighted by molar-refractivity contribution is 5.88. The number of carbonyl (C=O) groups excluding carboxylic acids is 1. The molecule has 5 aliphatic carbocycles. The van der Waals surface area contributed by atoms with Crippen molar-refractivity contribution < 1.29 is 14.7 Å². The van der Waals surface area contributed by atoms with Crippen molar-refractivity contribution in [3.8, 4) is 0 Å². The van der Waals surface area contributed by atoms with Gasteiger partial charge in [-0.2, -0.15) is 0 Å². The van der Waals surface area contributed by atoms with Gasteiger partial charge >= 0.3 is 5.97 Å². The summed E-state index contributed by atoms with van der Waals surface area (Å²) in [5.74, 6) is 1.94. The Morgan fingerprint density at radius 3 is 2.27 bits per heavy atom. The second-order valence-corrected chi connectivity index (χ2v) is 17.2. The predicted octanol–water partition coefficient (Wildman–Crippen LogP) is 8.30. The lowest BCUT2D eigenvalue weighted by atomic mass is 9.32. The van der Waals surface area contributed by atoms with Crippen LogP contribution in [-0.4, -0.2) is 49.1 Å². The van der Waals surface area contributed by atoms with E-state index in [0.717, 1.165) is 38.8 Å². The number of fused-ring (bicyclic) bond motifs is 7. The van der Waals surface area contributed by atoms with Crippen LogP contribution >= 0.6 is 0 Å². The molecule has 1 aromatic rings. The van der Waals surface area contributed by atoms with Gasteiger partial charge in [0.05, 0.1) is 11.0 Å². The van der Waals surface area contributed by atoms with Gasteiger partial charge in [0, 0.05) is 6.54 Å². The Morgan fingerprint density at radius 1 is 0.864 bits per heavy atom. The van der Waals surface area contributed by atoms with Crippen LogP contribution in [0.3, 0.4) is 0 Å². The maximum atomic E-state index is 13.9. The third-order valence-corrected chi connectivity index (χ3v) is 14.9. The normalized spacial score (nSPS) is 40.7. The van der Waals surface area contributed by atoms with Crippen molar-refractivity contribution in [2.75, 3.05) is 27.2 Å². The number of rotatable bonds is 7. The molecule has 5 nitrogen and oxygen atoms in total. The Kier molecular flexibility index (Phi) is 7.95. The van der Waals surface area contributed by atoms with Gasteiger partial charge in [0.25, 0.3) is 0 Å². The van der Waals surface area contributed by atoms with Crippen molar-refractivity contribution >= 4 is 17.4 Å². The molecule has 0 aliphatic heterocycles. The van der Waals surface area contributed by atoms with Crippen LogP contribution in [0.2, 0.25) is 0 Å². The summed E-state index contributed by atoms with van der Waals surface area (Å²) in [5.41, 5.74) is 3.59. The molecule has 6 rings (SSSR count). The molecule has 0 aromatic heterocycles. The van der Waals surface area contributed by atoms with Crippen LogP contribution in [0.5, 0.6) is 0 Å². The molecular formula is C39H58N2O3. The second-order valence-electron chi connectivity index (χ2n) is 17.2. The minimum Gasteiger partial charge on any atom is -0.478 e. The number of nitrogens with one attached hydrogen (secondary N) is 1. The number of carboxylic acids is 1. The lowest BCUT2D eigenvalue weighted by Gasteiger charge is -2.72. The Labute approximate surface area is 266 Å². The van der Waals surface area contributed by atoms with E-state index in [2.05, 4.69) is 65.0 Å². The van der Waals surface area contributed by atoms with E-state index in [1.165, 1.54) is 56.1 Å². The Hall–Kier alpha value is -2.14. The molecule has 44 heavy (non-hydrogen) atoms. The zero-order chi connectivity index (χ0) is 31.7. The minimum absolute atomic E-state index is 0.0225. The highest BCUT2D eigenvalue weighted by Gasteiger charge is 2.70.